The Morgan fingerprint density at radius 1 is 1.32 bits per heavy atom. The zero-order valence-electron chi connectivity index (χ0n) is 12.1. The van der Waals surface area contributed by atoms with Gasteiger partial charge in [0.15, 0.2) is 0 Å². The lowest BCUT2D eigenvalue weighted by molar-refractivity contribution is -0.111. The molecule has 0 fully saturated rings. The number of halogens is 1. The standard InChI is InChI=1S/C16H14FNO4/c1-10-12(16(20)21-2)9-11(22-10)7-8-15(19)18-14-6-4-3-5-13(14)17/h3-9H,1-2H3,(H,18,19). The molecule has 2 aromatic rings. The van der Waals surface area contributed by atoms with Gasteiger partial charge in [-0.2, -0.15) is 0 Å². The summed E-state index contributed by atoms with van der Waals surface area (Å²) < 4.78 is 23.3. The van der Waals surface area contributed by atoms with E-state index in [4.69, 9.17) is 4.42 Å². The maximum atomic E-state index is 13.4. The van der Waals surface area contributed by atoms with Crippen LogP contribution in [0.25, 0.3) is 6.08 Å². The largest absolute Gasteiger partial charge is 0.465 e. The monoisotopic (exact) mass is 303 g/mol. The molecule has 1 amide bonds. The van der Waals surface area contributed by atoms with E-state index in [0.717, 1.165) is 0 Å². The predicted octanol–water partition coefficient (Wildman–Crippen LogP) is 3.17. The second-order valence-corrected chi connectivity index (χ2v) is 4.41. The first-order chi connectivity index (χ1) is 10.5. The molecule has 0 aliphatic rings. The van der Waals surface area contributed by atoms with E-state index in [0.29, 0.717) is 11.5 Å². The number of nitrogens with one attached hydrogen (secondary N) is 1. The van der Waals surface area contributed by atoms with E-state index in [2.05, 4.69) is 10.1 Å². The topological polar surface area (TPSA) is 68.5 Å². The molecular formula is C16H14FNO4. The Morgan fingerprint density at radius 2 is 2.05 bits per heavy atom. The molecule has 1 N–H and O–H groups in total. The minimum atomic E-state index is -0.522. The predicted molar refractivity (Wildman–Crippen MR) is 78.8 cm³/mol. The number of esters is 1. The molecule has 5 nitrogen and oxygen atoms in total. The summed E-state index contributed by atoms with van der Waals surface area (Å²) in [5, 5.41) is 2.40. The quantitative estimate of drug-likeness (QED) is 0.696. The highest BCUT2D eigenvalue weighted by molar-refractivity contribution is 6.02. The van der Waals surface area contributed by atoms with Crippen molar-refractivity contribution in [1.82, 2.24) is 0 Å². The highest BCUT2D eigenvalue weighted by Crippen LogP contribution is 2.17. The third-order valence-corrected chi connectivity index (χ3v) is 2.87. The summed E-state index contributed by atoms with van der Waals surface area (Å²) in [6.07, 6.45) is 2.57. The average molecular weight is 303 g/mol. The first kappa shape index (κ1) is 15.5. The molecule has 0 aliphatic carbocycles. The summed E-state index contributed by atoms with van der Waals surface area (Å²) in [4.78, 5) is 23.2. The number of ether oxygens (including phenoxy) is 1. The van der Waals surface area contributed by atoms with Gasteiger partial charge in [-0.3, -0.25) is 4.79 Å². The fraction of sp³-hybridized carbons (Fsp3) is 0.125. The van der Waals surface area contributed by atoms with Gasteiger partial charge in [-0.1, -0.05) is 12.1 Å². The minimum Gasteiger partial charge on any atom is -0.465 e. The fourth-order valence-corrected chi connectivity index (χ4v) is 1.79. The van der Waals surface area contributed by atoms with Gasteiger partial charge in [0.05, 0.1) is 12.8 Å². The van der Waals surface area contributed by atoms with E-state index >= 15 is 0 Å². The van der Waals surface area contributed by atoms with Crippen molar-refractivity contribution < 1.29 is 23.1 Å². The van der Waals surface area contributed by atoms with Crippen molar-refractivity contribution in [2.45, 2.75) is 6.92 Å². The minimum absolute atomic E-state index is 0.0861. The van der Waals surface area contributed by atoms with Crippen LogP contribution in [0.4, 0.5) is 10.1 Å². The number of anilines is 1. The van der Waals surface area contributed by atoms with Crippen LogP contribution in [0.1, 0.15) is 21.9 Å². The summed E-state index contributed by atoms with van der Waals surface area (Å²) in [6, 6.07) is 7.31. The molecule has 0 atom stereocenters. The number of benzene rings is 1. The van der Waals surface area contributed by atoms with Crippen LogP contribution in [-0.2, 0) is 9.53 Å². The highest BCUT2D eigenvalue weighted by Gasteiger charge is 2.14. The average Bonchev–Trinajstić information content (AvgIpc) is 2.88. The molecule has 22 heavy (non-hydrogen) atoms. The first-order valence-electron chi connectivity index (χ1n) is 6.43. The molecule has 1 heterocycles. The van der Waals surface area contributed by atoms with E-state index in [1.54, 1.807) is 13.0 Å². The first-order valence-corrected chi connectivity index (χ1v) is 6.43. The number of methoxy groups -OCH3 is 1. The molecule has 2 rings (SSSR count). The maximum absolute atomic E-state index is 13.4. The van der Waals surface area contributed by atoms with Crippen LogP contribution in [0, 0.1) is 12.7 Å². The number of aryl methyl sites for hydroxylation is 1. The molecular weight excluding hydrogens is 289 g/mol. The van der Waals surface area contributed by atoms with Crippen molar-refractivity contribution in [3.63, 3.8) is 0 Å². The van der Waals surface area contributed by atoms with E-state index in [1.807, 2.05) is 0 Å². The number of hydrogen-bond acceptors (Lipinski definition) is 4. The van der Waals surface area contributed by atoms with Crippen LogP contribution in [0.15, 0.2) is 40.8 Å². The molecule has 0 saturated heterocycles. The Hall–Kier alpha value is -2.89. The van der Waals surface area contributed by atoms with Crippen LogP contribution < -0.4 is 5.32 Å². The van der Waals surface area contributed by atoms with Gasteiger partial charge in [0.25, 0.3) is 0 Å². The summed E-state index contributed by atoms with van der Waals surface area (Å²) >= 11 is 0. The highest BCUT2D eigenvalue weighted by atomic mass is 19.1. The van der Waals surface area contributed by atoms with Gasteiger partial charge < -0.3 is 14.5 Å². The van der Waals surface area contributed by atoms with Crippen molar-refractivity contribution in [1.29, 1.82) is 0 Å². The number of carbonyl (C=O) groups is 2. The Labute approximate surface area is 126 Å². The van der Waals surface area contributed by atoms with E-state index in [9.17, 15) is 14.0 Å². The lowest BCUT2D eigenvalue weighted by atomic mass is 10.2. The SMILES string of the molecule is COC(=O)c1cc(C=CC(=O)Nc2ccccc2F)oc1C. The van der Waals surface area contributed by atoms with Crippen molar-refractivity contribution in [3.05, 3.63) is 59.3 Å². The molecule has 0 bridgehead atoms. The normalized spacial score (nSPS) is 10.7. The molecule has 1 aromatic carbocycles. The molecule has 0 saturated carbocycles. The van der Waals surface area contributed by atoms with E-state index in [-0.39, 0.29) is 11.3 Å². The van der Waals surface area contributed by atoms with Gasteiger partial charge >= 0.3 is 5.97 Å². The zero-order valence-corrected chi connectivity index (χ0v) is 12.1. The van der Waals surface area contributed by atoms with E-state index in [1.165, 1.54) is 43.5 Å². The number of carbonyl (C=O) groups excluding carboxylic acids is 2. The Morgan fingerprint density at radius 3 is 2.73 bits per heavy atom. The zero-order chi connectivity index (χ0) is 16.1. The lowest BCUT2D eigenvalue weighted by Gasteiger charge is -2.02. The second-order valence-electron chi connectivity index (χ2n) is 4.41. The van der Waals surface area contributed by atoms with Gasteiger partial charge in [-0.05, 0) is 31.2 Å². The summed E-state index contributed by atoms with van der Waals surface area (Å²) in [5.41, 5.74) is 0.375. The Balaban J connectivity index is 2.07. The number of rotatable bonds is 4. The third-order valence-electron chi connectivity index (χ3n) is 2.87. The van der Waals surface area contributed by atoms with Gasteiger partial charge in [0, 0.05) is 6.08 Å². The van der Waals surface area contributed by atoms with Crippen LogP contribution in [0.3, 0.4) is 0 Å². The maximum Gasteiger partial charge on any atom is 0.341 e. The summed E-state index contributed by atoms with van der Waals surface area (Å²) in [5.74, 6) is -0.843. The third kappa shape index (κ3) is 3.60. The molecule has 0 radical (unpaired) electrons. The smallest absolute Gasteiger partial charge is 0.341 e. The molecule has 6 heteroatoms. The summed E-state index contributed by atoms with van der Waals surface area (Å²) in [6.45, 7) is 1.61. The Kier molecular flexibility index (Phi) is 4.73. The van der Waals surface area contributed by atoms with Crippen molar-refractivity contribution in [2.75, 3.05) is 12.4 Å². The second kappa shape index (κ2) is 6.71. The van der Waals surface area contributed by atoms with Gasteiger partial charge in [-0.25, -0.2) is 9.18 Å². The van der Waals surface area contributed by atoms with Crippen LogP contribution in [0.2, 0.25) is 0 Å². The van der Waals surface area contributed by atoms with Gasteiger partial charge in [0.2, 0.25) is 5.91 Å². The van der Waals surface area contributed by atoms with Crippen LogP contribution >= 0.6 is 0 Å². The summed E-state index contributed by atoms with van der Waals surface area (Å²) in [7, 11) is 1.27. The van der Waals surface area contributed by atoms with Crippen LogP contribution in [0.5, 0.6) is 0 Å². The van der Waals surface area contributed by atoms with Crippen LogP contribution in [-0.4, -0.2) is 19.0 Å². The van der Waals surface area contributed by atoms with Crippen molar-refractivity contribution in [3.8, 4) is 0 Å². The molecule has 0 unspecified atom stereocenters. The van der Waals surface area contributed by atoms with Crippen molar-refractivity contribution >= 4 is 23.6 Å². The Bertz CT molecular complexity index is 733. The number of furan rings is 1. The number of amides is 1. The lowest BCUT2D eigenvalue weighted by Crippen LogP contribution is -2.08. The number of hydrogen-bond donors (Lipinski definition) is 1. The molecule has 114 valence electrons. The van der Waals surface area contributed by atoms with Gasteiger partial charge in [-0.15, -0.1) is 0 Å². The number of para-hydroxylation sites is 1. The molecule has 0 spiro atoms. The van der Waals surface area contributed by atoms with Crippen molar-refractivity contribution in [2.24, 2.45) is 0 Å². The molecule has 1 aromatic heterocycles. The fourth-order valence-electron chi connectivity index (χ4n) is 1.79. The van der Waals surface area contributed by atoms with Gasteiger partial charge in [0.1, 0.15) is 22.9 Å². The molecule has 0 aliphatic heterocycles. The van der Waals surface area contributed by atoms with E-state index < -0.39 is 17.7 Å².